The molecule has 2 aliphatic heterocycles. The zero-order valence-electron chi connectivity index (χ0n) is 13.9. The highest BCUT2D eigenvalue weighted by Gasteiger charge is 2.29. The monoisotopic (exact) mass is 314 g/mol. The Kier molecular flexibility index (Phi) is 4.31. The summed E-state index contributed by atoms with van der Waals surface area (Å²) in [6.07, 6.45) is 8.14. The van der Waals surface area contributed by atoms with E-state index >= 15 is 0 Å². The van der Waals surface area contributed by atoms with E-state index in [4.69, 9.17) is 9.72 Å². The van der Waals surface area contributed by atoms with Crippen molar-refractivity contribution in [3.8, 4) is 0 Å². The van der Waals surface area contributed by atoms with Crippen LogP contribution in [0.25, 0.3) is 11.2 Å². The summed E-state index contributed by atoms with van der Waals surface area (Å²) in [6, 6.07) is 4.09. The van der Waals surface area contributed by atoms with Gasteiger partial charge in [0.05, 0.1) is 6.17 Å². The average molecular weight is 314 g/mol. The van der Waals surface area contributed by atoms with Crippen molar-refractivity contribution in [2.45, 2.75) is 45.2 Å². The van der Waals surface area contributed by atoms with E-state index in [-0.39, 0.29) is 0 Å². The molecule has 4 rings (SSSR count). The molecule has 23 heavy (non-hydrogen) atoms. The first-order valence-corrected chi connectivity index (χ1v) is 9.00. The highest BCUT2D eigenvalue weighted by Crippen LogP contribution is 2.32. The van der Waals surface area contributed by atoms with Crippen molar-refractivity contribution in [3.05, 3.63) is 24.2 Å². The van der Waals surface area contributed by atoms with Gasteiger partial charge in [-0.3, -0.25) is 9.47 Å². The number of imidazole rings is 1. The number of likely N-dealkylation sites (tertiary alicyclic amines) is 1. The molecule has 0 spiro atoms. The van der Waals surface area contributed by atoms with Gasteiger partial charge >= 0.3 is 0 Å². The van der Waals surface area contributed by atoms with E-state index in [1.807, 2.05) is 12.3 Å². The van der Waals surface area contributed by atoms with E-state index < -0.39 is 0 Å². The summed E-state index contributed by atoms with van der Waals surface area (Å²) in [4.78, 5) is 12.2. The number of fused-ring (bicyclic) bond motifs is 1. The Morgan fingerprint density at radius 1 is 1.26 bits per heavy atom. The number of hydrogen-bond acceptors (Lipinski definition) is 4. The first kappa shape index (κ1) is 15.1. The Balaban J connectivity index is 1.72. The molecule has 2 saturated heterocycles. The molecule has 2 aromatic heterocycles. The van der Waals surface area contributed by atoms with Crippen molar-refractivity contribution in [2.24, 2.45) is 5.92 Å². The van der Waals surface area contributed by atoms with Crippen LogP contribution in [0.4, 0.5) is 0 Å². The summed E-state index contributed by atoms with van der Waals surface area (Å²) in [6.45, 7) is 6.32. The Labute approximate surface area is 137 Å². The van der Waals surface area contributed by atoms with Crippen LogP contribution in [0.3, 0.4) is 0 Å². The predicted molar refractivity (Wildman–Crippen MR) is 90.3 cm³/mol. The maximum atomic E-state index is 5.51. The lowest BCUT2D eigenvalue weighted by Gasteiger charge is -2.27. The molecular weight excluding hydrogens is 288 g/mol. The van der Waals surface area contributed by atoms with Crippen molar-refractivity contribution in [1.82, 2.24) is 19.4 Å². The molecule has 124 valence electrons. The predicted octanol–water partition coefficient (Wildman–Crippen LogP) is 3.01. The molecule has 4 heterocycles. The Morgan fingerprint density at radius 3 is 2.96 bits per heavy atom. The first-order chi connectivity index (χ1) is 11.4. The molecule has 2 fully saturated rings. The number of ether oxygens (including phenoxy) is 1. The Hall–Kier alpha value is -1.46. The second kappa shape index (κ2) is 6.57. The molecular formula is C18H26N4O. The van der Waals surface area contributed by atoms with Gasteiger partial charge in [-0.2, -0.15) is 0 Å². The minimum atomic E-state index is 0.426. The molecule has 0 saturated carbocycles. The largest absolute Gasteiger partial charge is 0.381 e. The first-order valence-electron chi connectivity index (χ1n) is 9.00. The van der Waals surface area contributed by atoms with Gasteiger partial charge in [-0.1, -0.05) is 6.92 Å². The topological polar surface area (TPSA) is 43.2 Å². The molecule has 1 unspecified atom stereocenters. The third-order valence-electron chi connectivity index (χ3n) is 5.37. The molecule has 0 radical (unpaired) electrons. The summed E-state index contributed by atoms with van der Waals surface area (Å²) < 4.78 is 7.94. The molecule has 0 aliphatic carbocycles. The second-order valence-corrected chi connectivity index (χ2v) is 6.76. The molecule has 1 atom stereocenters. The van der Waals surface area contributed by atoms with Crippen LogP contribution >= 0.6 is 0 Å². The van der Waals surface area contributed by atoms with E-state index in [1.54, 1.807) is 0 Å². The van der Waals surface area contributed by atoms with Crippen LogP contribution in [0.15, 0.2) is 18.3 Å². The summed E-state index contributed by atoms with van der Waals surface area (Å²) in [5, 5.41) is 0. The summed E-state index contributed by atoms with van der Waals surface area (Å²) in [5.74, 6) is 1.91. The molecule has 0 aromatic carbocycles. The van der Waals surface area contributed by atoms with Crippen LogP contribution < -0.4 is 0 Å². The number of aromatic nitrogens is 3. The second-order valence-electron chi connectivity index (χ2n) is 6.76. The van der Waals surface area contributed by atoms with Gasteiger partial charge in [-0.05, 0) is 50.3 Å². The fourth-order valence-corrected chi connectivity index (χ4v) is 4.11. The molecule has 0 N–H and O–H groups in total. The van der Waals surface area contributed by atoms with E-state index in [9.17, 15) is 0 Å². The third-order valence-corrected chi connectivity index (χ3v) is 5.37. The van der Waals surface area contributed by atoms with Crippen LogP contribution in [-0.2, 0) is 11.2 Å². The van der Waals surface area contributed by atoms with E-state index in [0.717, 1.165) is 50.2 Å². The third kappa shape index (κ3) is 2.88. The fraction of sp³-hybridized carbons (Fsp3) is 0.667. The summed E-state index contributed by atoms with van der Waals surface area (Å²) >= 11 is 0. The molecule has 2 aliphatic rings. The highest BCUT2D eigenvalue weighted by atomic mass is 16.5. The lowest BCUT2D eigenvalue weighted by atomic mass is 9.96. The maximum Gasteiger partial charge on any atom is 0.161 e. The lowest BCUT2D eigenvalue weighted by Crippen LogP contribution is -2.29. The van der Waals surface area contributed by atoms with E-state index in [2.05, 4.69) is 27.4 Å². The van der Waals surface area contributed by atoms with E-state index in [0.29, 0.717) is 12.1 Å². The van der Waals surface area contributed by atoms with Crippen LogP contribution in [0, 0.1) is 5.92 Å². The number of nitrogens with zero attached hydrogens (tertiary/aromatic N) is 4. The summed E-state index contributed by atoms with van der Waals surface area (Å²) in [5.41, 5.74) is 2.09. The minimum Gasteiger partial charge on any atom is -0.381 e. The molecule has 0 amide bonds. The Morgan fingerprint density at radius 2 is 2.13 bits per heavy atom. The standard InChI is InChI=1S/C18H26N4O/c1-2-21-10-4-6-17(21)22-16(13-14-7-11-23-12-8-14)20-15-5-3-9-19-18(15)22/h3,5,9,14,17H,2,4,6-8,10-13H2,1H3. The van der Waals surface area contributed by atoms with Crippen LogP contribution in [0.1, 0.15) is 44.6 Å². The Bertz CT molecular complexity index is 662. The number of hydrogen-bond donors (Lipinski definition) is 0. The van der Waals surface area contributed by atoms with Gasteiger partial charge in [0, 0.05) is 32.4 Å². The van der Waals surface area contributed by atoms with Crippen molar-refractivity contribution in [2.75, 3.05) is 26.3 Å². The number of rotatable bonds is 4. The van der Waals surface area contributed by atoms with Crippen LogP contribution in [0.2, 0.25) is 0 Å². The van der Waals surface area contributed by atoms with Gasteiger partial charge < -0.3 is 4.74 Å². The van der Waals surface area contributed by atoms with Crippen molar-refractivity contribution >= 4 is 11.2 Å². The normalized spacial score (nSPS) is 23.8. The molecule has 5 nitrogen and oxygen atoms in total. The lowest BCUT2D eigenvalue weighted by molar-refractivity contribution is 0.0652. The van der Waals surface area contributed by atoms with Gasteiger partial charge in [0.2, 0.25) is 0 Å². The van der Waals surface area contributed by atoms with Crippen molar-refractivity contribution in [1.29, 1.82) is 0 Å². The smallest absolute Gasteiger partial charge is 0.161 e. The molecule has 2 aromatic rings. The van der Waals surface area contributed by atoms with Gasteiger partial charge in [-0.25, -0.2) is 9.97 Å². The van der Waals surface area contributed by atoms with Crippen LogP contribution in [-0.4, -0.2) is 45.7 Å². The van der Waals surface area contributed by atoms with Gasteiger partial charge in [0.15, 0.2) is 5.65 Å². The van der Waals surface area contributed by atoms with Crippen molar-refractivity contribution in [3.63, 3.8) is 0 Å². The molecule has 5 heteroatoms. The fourth-order valence-electron chi connectivity index (χ4n) is 4.11. The maximum absolute atomic E-state index is 5.51. The minimum absolute atomic E-state index is 0.426. The van der Waals surface area contributed by atoms with Crippen molar-refractivity contribution < 1.29 is 4.74 Å². The zero-order chi connectivity index (χ0) is 15.6. The van der Waals surface area contributed by atoms with Crippen LogP contribution in [0.5, 0.6) is 0 Å². The van der Waals surface area contributed by atoms with Gasteiger partial charge in [0.25, 0.3) is 0 Å². The molecule has 0 bridgehead atoms. The zero-order valence-corrected chi connectivity index (χ0v) is 13.9. The quantitative estimate of drug-likeness (QED) is 0.870. The van der Waals surface area contributed by atoms with E-state index in [1.165, 1.54) is 25.2 Å². The summed E-state index contributed by atoms with van der Waals surface area (Å²) in [7, 11) is 0. The van der Waals surface area contributed by atoms with Gasteiger partial charge in [0.1, 0.15) is 11.3 Å². The average Bonchev–Trinajstić information content (AvgIpc) is 3.18. The SMILES string of the molecule is CCN1CCCC1n1c(CC2CCOCC2)nc2cccnc21. The van der Waals surface area contributed by atoms with Gasteiger partial charge in [-0.15, -0.1) is 0 Å². The highest BCUT2D eigenvalue weighted by molar-refractivity contribution is 5.71. The number of pyridine rings is 1.